The third-order valence-corrected chi connectivity index (χ3v) is 8.23. The van der Waals surface area contributed by atoms with Crippen LogP contribution in [0.2, 0.25) is 5.02 Å². The van der Waals surface area contributed by atoms with Gasteiger partial charge in [-0.05, 0) is 66.8 Å². The molecule has 0 aliphatic heterocycles. The first-order valence-corrected chi connectivity index (χ1v) is 14.1. The smallest absolute Gasteiger partial charge is 0.307 e. The van der Waals surface area contributed by atoms with E-state index in [9.17, 15) is 15.0 Å². The monoisotopic (exact) mass is 545 g/mol. The molecule has 4 nitrogen and oxygen atoms in total. The number of carboxylic acids is 1. The van der Waals surface area contributed by atoms with Gasteiger partial charge in [-0.1, -0.05) is 85.3 Å². The van der Waals surface area contributed by atoms with Gasteiger partial charge in [0.05, 0.1) is 28.0 Å². The van der Waals surface area contributed by atoms with Gasteiger partial charge in [0.1, 0.15) is 0 Å². The van der Waals surface area contributed by atoms with Crippen molar-refractivity contribution in [2.24, 2.45) is 5.92 Å². The number of carbonyl (C=O) groups is 1. The Hall–Kier alpha value is -3.12. The lowest BCUT2D eigenvalue weighted by molar-refractivity contribution is -0.140. The van der Waals surface area contributed by atoms with E-state index < -0.39 is 17.5 Å². The van der Waals surface area contributed by atoms with Crippen LogP contribution in [-0.4, -0.2) is 26.9 Å². The van der Waals surface area contributed by atoms with E-state index in [1.807, 2.05) is 85.8 Å². The SMILES string of the molecule is CCC(CSC(c1cccc(/C=C/c2ccc3ccc(Cl)cc3n2)c1)c1ccccc1C(C)(C)O)C(=O)O. The Balaban J connectivity index is 1.69. The number of rotatable bonds is 10. The second kappa shape index (κ2) is 12.2. The maximum absolute atomic E-state index is 11.7. The maximum atomic E-state index is 11.7. The van der Waals surface area contributed by atoms with Gasteiger partial charge in [0.2, 0.25) is 0 Å². The van der Waals surface area contributed by atoms with Gasteiger partial charge < -0.3 is 10.2 Å². The van der Waals surface area contributed by atoms with E-state index in [2.05, 4.69) is 12.1 Å². The summed E-state index contributed by atoms with van der Waals surface area (Å²) in [4.78, 5) is 16.5. The Labute approximate surface area is 233 Å². The largest absolute Gasteiger partial charge is 0.481 e. The molecule has 0 fully saturated rings. The number of carboxylic acid groups (broad SMARTS) is 1. The van der Waals surface area contributed by atoms with Crippen LogP contribution in [0.5, 0.6) is 0 Å². The lowest BCUT2D eigenvalue weighted by Crippen LogP contribution is -2.20. The number of hydrogen-bond acceptors (Lipinski definition) is 4. The van der Waals surface area contributed by atoms with E-state index in [1.54, 1.807) is 25.6 Å². The fraction of sp³-hybridized carbons (Fsp3) is 0.250. The lowest BCUT2D eigenvalue weighted by atomic mass is 9.89. The summed E-state index contributed by atoms with van der Waals surface area (Å²) >= 11 is 7.75. The highest BCUT2D eigenvalue weighted by atomic mass is 35.5. The van der Waals surface area contributed by atoms with E-state index in [1.165, 1.54) is 0 Å². The van der Waals surface area contributed by atoms with E-state index in [4.69, 9.17) is 16.6 Å². The van der Waals surface area contributed by atoms with Crippen molar-refractivity contribution in [3.8, 4) is 0 Å². The van der Waals surface area contributed by atoms with Crippen LogP contribution in [0, 0.1) is 5.92 Å². The molecule has 3 aromatic carbocycles. The molecular weight excluding hydrogens is 514 g/mol. The molecular formula is C32H32ClNO3S. The summed E-state index contributed by atoms with van der Waals surface area (Å²) in [6, 6.07) is 25.8. The van der Waals surface area contributed by atoms with Crippen LogP contribution in [0.15, 0.2) is 78.9 Å². The summed E-state index contributed by atoms with van der Waals surface area (Å²) in [5, 5.41) is 22.1. The molecule has 1 heterocycles. The number of aromatic nitrogens is 1. The quantitative estimate of drug-likeness (QED) is 0.210. The lowest BCUT2D eigenvalue weighted by Gasteiger charge is -2.27. The van der Waals surface area contributed by atoms with Gasteiger partial charge in [-0.3, -0.25) is 4.79 Å². The molecule has 0 spiro atoms. The van der Waals surface area contributed by atoms with Crippen molar-refractivity contribution >= 4 is 52.4 Å². The van der Waals surface area contributed by atoms with Gasteiger partial charge in [0, 0.05) is 16.2 Å². The number of pyridine rings is 1. The molecule has 0 saturated heterocycles. The summed E-state index contributed by atoms with van der Waals surface area (Å²) < 4.78 is 0. The molecule has 38 heavy (non-hydrogen) atoms. The number of halogens is 1. The van der Waals surface area contributed by atoms with Gasteiger partial charge >= 0.3 is 5.97 Å². The Morgan fingerprint density at radius 1 is 1.03 bits per heavy atom. The fourth-order valence-electron chi connectivity index (χ4n) is 4.43. The van der Waals surface area contributed by atoms with Gasteiger partial charge in [-0.2, -0.15) is 0 Å². The Morgan fingerprint density at radius 3 is 2.53 bits per heavy atom. The van der Waals surface area contributed by atoms with Crippen LogP contribution in [0.4, 0.5) is 0 Å². The molecule has 2 atom stereocenters. The van der Waals surface area contributed by atoms with Crippen molar-refractivity contribution in [1.82, 2.24) is 4.98 Å². The van der Waals surface area contributed by atoms with E-state index in [-0.39, 0.29) is 5.25 Å². The van der Waals surface area contributed by atoms with E-state index in [0.29, 0.717) is 17.2 Å². The maximum Gasteiger partial charge on any atom is 0.307 e. The molecule has 0 bridgehead atoms. The number of fused-ring (bicyclic) bond motifs is 1. The first-order valence-electron chi connectivity index (χ1n) is 12.7. The second-order valence-electron chi connectivity index (χ2n) is 9.88. The third-order valence-electron chi connectivity index (χ3n) is 6.54. The number of aliphatic carboxylic acids is 1. The zero-order valence-corrected chi connectivity index (χ0v) is 23.3. The first kappa shape index (κ1) is 27.9. The molecule has 4 rings (SSSR count). The summed E-state index contributed by atoms with van der Waals surface area (Å²) in [5.41, 5.74) is 4.52. The highest BCUT2D eigenvalue weighted by Gasteiger charge is 2.27. The highest BCUT2D eigenvalue weighted by Crippen LogP contribution is 2.41. The second-order valence-corrected chi connectivity index (χ2v) is 11.5. The van der Waals surface area contributed by atoms with Crippen molar-refractivity contribution in [2.75, 3.05) is 5.75 Å². The topological polar surface area (TPSA) is 70.4 Å². The van der Waals surface area contributed by atoms with Crippen molar-refractivity contribution in [3.05, 3.63) is 112 Å². The third kappa shape index (κ3) is 6.84. The molecule has 2 N–H and O–H groups in total. The summed E-state index contributed by atoms with van der Waals surface area (Å²) in [5.74, 6) is -0.747. The normalized spacial score (nSPS) is 13.6. The number of hydrogen-bond donors (Lipinski definition) is 2. The molecule has 196 valence electrons. The van der Waals surface area contributed by atoms with Crippen LogP contribution < -0.4 is 0 Å². The number of thioether (sulfide) groups is 1. The van der Waals surface area contributed by atoms with E-state index >= 15 is 0 Å². The zero-order valence-electron chi connectivity index (χ0n) is 21.8. The van der Waals surface area contributed by atoms with E-state index in [0.717, 1.165) is 38.9 Å². The number of nitrogens with zero attached hydrogens (tertiary/aromatic N) is 1. The van der Waals surface area contributed by atoms with Crippen LogP contribution in [0.1, 0.15) is 60.4 Å². The molecule has 0 radical (unpaired) electrons. The predicted molar refractivity (Wildman–Crippen MR) is 160 cm³/mol. The minimum absolute atomic E-state index is 0.139. The Morgan fingerprint density at radius 2 is 1.79 bits per heavy atom. The Bertz CT molecular complexity index is 1460. The summed E-state index contributed by atoms with van der Waals surface area (Å²) in [7, 11) is 0. The average molecular weight is 546 g/mol. The molecule has 2 unspecified atom stereocenters. The van der Waals surface area contributed by atoms with Crippen molar-refractivity contribution in [2.45, 2.75) is 38.0 Å². The first-order chi connectivity index (χ1) is 18.2. The van der Waals surface area contributed by atoms with Crippen LogP contribution >= 0.6 is 23.4 Å². The van der Waals surface area contributed by atoms with Gasteiger partial charge in [0.25, 0.3) is 0 Å². The molecule has 4 aromatic rings. The fourth-order valence-corrected chi connectivity index (χ4v) is 6.12. The Kier molecular flexibility index (Phi) is 8.93. The highest BCUT2D eigenvalue weighted by molar-refractivity contribution is 7.99. The zero-order chi connectivity index (χ0) is 27.3. The molecule has 0 aliphatic rings. The standard InChI is InChI=1S/C32H32ClNO3S/c1-4-22(31(35)36)20-38-30(27-10-5-6-11-28(27)32(2,3)37)24-9-7-8-21(18-24)12-16-26-17-14-23-13-15-25(33)19-29(23)34-26/h5-19,22,30,37H,4,20H2,1-3H3,(H,35,36)/b16-12+. The molecule has 0 amide bonds. The average Bonchev–Trinajstić information content (AvgIpc) is 2.89. The number of benzene rings is 3. The minimum Gasteiger partial charge on any atom is -0.481 e. The summed E-state index contributed by atoms with van der Waals surface area (Å²) in [6.45, 7) is 5.46. The molecule has 0 saturated carbocycles. The molecule has 0 aliphatic carbocycles. The molecule has 1 aromatic heterocycles. The summed E-state index contributed by atoms with van der Waals surface area (Å²) in [6.07, 6.45) is 4.57. The van der Waals surface area contributed by atoms with Gasteiger partial charge in [-0.25, -0.2) is 4.98 Å². The molecule has 6 heteroatoms. The van der Waals surface area contributed by atoms with Crippen molar-refractivity contribution in [3.63, 3.8) is 0 Å². The van der Waals surface area contributed by atoms with Gasteiger partial charge in [0.15, 0.2) is 0 Å². The predicted octanol–water partition coefficient (Wildman–Crippen LogP) is 8.22. The minimum atomic E-state index is -1.03. The van der Waals surface area contributed by atoms with Crippen LogP contribution in [0.25, 0.3) is 23.1 Å². The van der Waals surface area contributed by atoms with Crippen LogP contribution in [0.3, 0.4) is 0 Å². The number of aliphatic hydroxyl groups is 1. The van der Waals surface area contributed by atoms with Crippen molar-refractivity contribution < 1.29 is 15.0 Å². The van der Waals surface area contributed by atoms with Crippen molar-refractivity contribution in [1.29, 1.82) is 0 Å². The van der Waals surface area contributed by atoms with Gasteiger partial charge in [-0.15, -0.1) is 11.8 Å². The van der Waals surface area contributed by atoms with Crippen LogP contribution in [-0.2, 0) is 10.4 Å².